The number of aryl methyl sites for hydroxylation is 3. The minimum atomic E-state index is -0.760. The minimum absolute atomic E-state index is 0.360. The predicted molar refractivity (Wildman–Crippen MR) is 128 cm³/mol. The van der Waals surface area contributed by atoms with Gasteiger partial charge in [-0.25, -0.2) is 0 Å². The van der Waals surface area contributed by atoms with Gasteiger partial charge in [-0.2, -0.15) is 0 Å². The smallest absolute Gasteiger partial charge is 0.119 e. The number of likely N-dealkylation sites (tertiary alicyclic amines) is 1. The quantitative estimate of drug-likeness (QED) is 0.551. The SMILES string of the molecule is CCCn1cc(CN2CCCC(O)(COc3ccc(C)c(C)c3)CC2)c2ccccc21. The third kappa shape index (κ3) is 5.13. The van der Waals surface area contributed by atoms with Gasteiger partial charge in [-0.3, -0.25) is 4.90 Å². The van der Waals surface area contributed by atoms with Crippen LogP contribution >= 0.6 is 0 Å². The first-order chi connectivity index (χ1) is 15.0. The van der Waals surface area contributed by atoms with E-state index in [1.54, 1.807) is 0 Å². The Kier molecular flexibility index (Phi) is 6.68. The van der Waals surface area contributed by atoms with Gasteiger partial charge in [0.1, 0.15) is 12.4 Å². The average Bonchev–Trinajstić information content (AvgIpc) is 2.99. The van der Waals surface area contributed by atoms with E-state index in [1.807, 2.05) is 6.07 Å². The molecule has 4 rings (SSSR count). The molecule has 0 radical (unpaired) electrons. The zero-order valence-corrected chi connectivity index (χ0v) is 19.2. The van der Waals surface area contributed by atoms with Crippen LogP contribution in [0.3, 0.4) is 0 Å². The van der Waals surface area contributed by atoms with Crippen molar-refractivity contribution in [3.63, 3.8) is 0 Å². The van der Waals surface area contributed by atoms with Crippen molar-refractivity contribution in [2.24, 2.45) is 0 Å². The Bertz CT molecular complexity index is 1030. The summed E-state index contributed by atoms with van der Waals surface area (Å²) in [6.45, 7) is 10.7. The van der Waals surface area contributed by atoms with Crippen LogP contribution in [0, 0.1) is 13.8 Å². The van der Waals surface area contributed by atoms with Crippen LogP contribution in [0.2, 0.25) is 0 Å². The van der Waals surface area contributed by atoms with Crippen LogP contribution in [0.4, 0.5) is 0 Å². The molecule has 1 saturated heterocycles. The van der Waals surface area contributed by atoms with E-state index in [4.69, 9.17) is 4.74 Å². The highest BCUT2D eigenvalue weighted by Crippen LogP contribution is 2.28. The second kappa shape index (κ2) is 9.46. The molecule has 1 aliphatic heterocycles. The van der Waals surface area contributed by atoms with E-state index in [9.17, 15) is 5.11 Å². The van der Waals surface area contributed by atoms with Crippen LogP contribution in [0.15, 0.2) is 48.7 Å². The molecule has 0 spiro atoms. The summed E-state index contributed by atoms with van der Waals surface area (Å²) < 4.78 is 8.39. The highest BCUT2D eigenvalue weighted by atomic mass is 16.5. The fourth-order valence-electron chi connectivity index (χ4n) is 4.67. The predicted octanol–water partition coefficient (Wildman–Crippen LogP) is 5.46. The van der Waals surface area contributed by atoms with Crippen molar-refractivity contribution in [2.45, 2.75) is 65.1 Å². The maximum absolute atomic E-state index is 11.2. The second-order valence-corrected chi connectivity index (χ2v) is 9.25. The molecule has 166 valence electrons. The van der Waals surface area contributed by atoms with E-state index in [1.165, 1.54) is 27.6 Å². The van der Waals surface area contributed by atoms with Gasteiger partial charge in [-0.15, -0.1) is 0 Å². The van der Waals surface area contributed by atoms with E-state index in [0.717, 1.165) is 57.6 Å². The summed E-state index contributed by atoms with van der Waals surface area (Å²) in [4.78, 5) is 2.49. The lowest BCUT2D eigenvalue weighted by atomic mass is 9.96. The summed E-state index contributed by atoms with van der Waals surface area (Å²) in [5, 5.41) is 12.6. The third-order valence-electron chi connectivity index (χ3n) is 6.73. The van der Waals surface area contributed by atoms with E-state index < -0.39 is 5.60 Å². The molecule has 4 heteroatoms. The van der Waals surface area contributed by atoms with E-state index >= 15 is 0 Å². The van der Waals surface area contributed by atoms with Gasteiger partial charge in [0.05, 0.1) is 5.60 Å². The number of fused-ring (bicyclic) bond motifs is 1. The van der Waals surface area contributed by atoms with Gasteiger partial charge in [0.2, 0.25) is 0 Å². The molecule has 1 aromatic heterocycles. The molecule has 2 heterocycles. The summed E-state index contributed by atoms with van der Waals surface area (Å²) in [5.41, 5.74) is 4.44. The van der Waals surface area contributed by atoms with Gasteiger partial charge in [-0.1, -0.05) is 31.2 Å². The summed E-state index contributed by atoms with van der Waals surface area (Å²) in [5.74, 6) is 0.848. The van der Waals surface area contributed by atoms with Crippen LogP contribution in [0.5, 0.6) is 5.75 Å². The summed E-state index contributed by atoms with van der Waals surface area (Å²) in [7, 11) is 0. The number of aromatic nitrogens is 1. The van der Waals surface area contributed by atoms with Crippen LogP contribution in [0.25, 0.3) is 10.9 Å². The van der Waals surface area contributed by atoms with Gasteiger partial charge in [0.15, 0.2) is 0 Å². The molecule has 31 heavy (non-hydrogen) atoms. The fraction of sp³-hybridized carbons (Fsp3) is 0.481. The molecular formula is C27H36N2O2. The number of hydrogen-bond donors (Lipinski definition) is 1. The zero-order chi connectivity index (χ0) is 21.8. The first-order valence-electron chi connectivity index (χ1n) is 11.7. The highest BCUT2D eigenvalue weighted by Gasteiger charge is 2.31. The molecule has 1 unspecified atom stereocenters. The molecule has 1 aliphatic rings. The Morgan fingerprint density at radius 2 is 1.87 bits per heavy atom. The largest absolute Gasteiger partial charge is 0.491 e. The van der Waals surface area contributed by atoms with Crippen molar-refractivity contribution in [1.82, 2.24) is 9.47 Å². The summed E-state index contributed by atoms with van der Waals surface area (Å²) >= 11 is 0. The van der Waals surface area contributed by atoms with Gasteiger partial charge >= 0.3 is 0 Å². The lowest BCUT2D eigenvalue weighted by molar-refractivity contribution is -0.0168. The molecule has 1 N–H and O–H groups in total. The van der Waals surface area contributed by atoms with Gasteiger partial charge in [0.25, 0.3) is 0 Å². The van der Waals surface area contributed by atoms with Crippen molar-refractivity contribution < 1.29 is 9.84 Å². The lowest BCUT2D eigenvalue weighted by Gasteiger charge is -2.27. The molecule has 0 aliphatic carbocycles. The van der Waals surface area contributed by atoms with E-state index in [-0.39, 0.29) is 0 Å². The van der Waals surface area contributed by atoms with Gasteiger partial charge in [-0.05, 0) is 81.0 Å². The highest BCUT2D eigenvalue weighted by molar-refractivity contribution is 5.83. The van der Waals surface area contributed by atoms with Crippen LogP contribution in [-0.4, -0.2) is 39.9 Å². The average molecular weight is 421 g/mol. The monoisotopic (exact) mass is 420 g/mol. The molecule has 3 aromatic rings. The summed E-state index contributed by atoms with van der Waals surface area (Å²) in [6, 6.07) is 14.9. The molecule has 2 aromatic carbocycles. The maximum atomic E-state index is 11.2. The molecule has 0 saturated carbocycles. The molecule has 0 bridgehead atoms. The van der Waals surface area contributed by atoms with E-state index in [0.29, 0.717) is 6.61 Å². The van der Waals surface area contributed by atoms with E-state index in [2.05, 4.69) is 72.8 Å². The Labute approximate surface area is 186 Å². The molecule has 0 amide bonds. The normalized spacial score (nSPS) is 20.1. The van der Waals surface area contributed by atoms with Crippen LogP contribution in [0.1, 0.15) is 49.3 Å². The minimum Gasteiger partial charge on any atom is -0.491 e. The fourth-order valence-corrected chi connectivity index (χ4v) is 4.67. The topological polar surface area (TPSA) is 37.6 Å². The molecule has 1 atom stereocenters. The first kappa shape index (κ1) is 21.9. The molecular weight excluding hydrogens is 384 g/mol. The van der Waals surface area contributed by atoms with Crippen molar-refractivity contribution >= 4 is 10.9 Å². The van der Waals surface area contributed by atoms with Crippen LogP contribution < -0.4 is 4.74 Å². The number of para-hydroxylation sites is 1. The number of nitrogens with zero attached hydrogens (tertiary/aromatic N) is 2. The Balaban J connectivity index is 1.40. The molecule has 4 nitrogen and oxygen atoms in total. The van der Waals surface area contributed by atoms with Crippen molar-refractivity contribution in [3.05, 3.63) is 65.4 Å². The first-order valence-corrected chi connectivity index (χ1v) is 11.7. The van der Waals surface area contributed by atoms with Crippen molar-refractivity contribution in [3.8, 4) is 5.75 Å². The number of rotatable bonds is 7. The Hall–Kier alpha value is -2.30. The van der Waals surface area contributed by atoms with Crippen molar-refractivity contribution in [2.75, 3.05) is 19.7 Å². The Morgan fingerprint density at radius 3 is 2.68 bits per heavy atom. The van der Waals surface area contributed by atoms with Gasteiger partial charge in [0, 0.05) is 36.7 Å². The zero-order valence-electron chi connectivity index (χ0n) is 19.2. The number of benzene rings is 2. The third-order valence-corrected chi connectivity index (χ3v) is 6.73. The van der Waals surface area contributed by atoms with Gasteiger partial charge < -0.3 is 14.4 Å². The maximum Gasteiger partial charge on any atom is 0.119 e. The summed E-state index contributed by atoms with van der Waals surface area (Å²) in [6.07, 6.45) is 5.97. The Morgan fingerprint density at radius 1 is 1.03 bits per heavy atom. The van der Waals surface area contributed by atoms with Crippen LogP contribution in [-0.2, 0) is 13.1 Å². The number of hydrogen-bond acceptors (Lipinski definition) is 3. The standard InChI is InChI=1S/C27H36N2O2/c1-4-14-29-19-23(25-8-5-6-9-26(25)29)18-28-15-7-12-27(30,13-16-28)20-31-24-11-10-21(2)22(3)17-24/h5-6,8-11,17,19,30H,4,7,12-16,18,20H2,1-3H3. The second-order valence-electron chi connectivity index (χ2n) is 9.25. The number of ether oxygens (including phenoxy) is 1. The lowest BCUT2D eigenvalue weighted by Crippen LogP contribution is -2.37. The number of aliphatic hydroxyl groups is 1. The van der Waals surface area contributed by atoms with Crippen molar-refractivity contribution in [1.29, 1.82) is 0 Å². The molecule has 1 fully saturated rings.